The van der Waals surface area contributed by atoms with E-state index in [0.717, 1.165) is 19.1 Å². The Bertz CT molecular complexity index is 256. The first-order valence-electron chi connectivity index (χ1n) is 7.64. The smallest absolute Gasteiger partial charge is 0.0322 e. The molecule has 18 heavy (non-hydrogen) atoms. The molecule has 3 heteroatoms. The van der Waals surface area contributed by atoms with Crippen LogP contribution in [0.3, 0.4) is 0 Å². The van der Waals surface area contributed by atoms with Crippen molar-refractivity contribution >= 4 is 0 Å². The maximum atomic E-state index is 3.74. The molecule has 0 spiro atoms. The minimum Gasteiger partial charge on any atom is -0.311 e. The van der Waals surface area contributed by atoms with Crippen molar-refractivity contribution in [2.24, 2.45) is 0 Å². The summed E-state index contributed by atoms with van der Waals surface area (Å²) in [5.41, 5.74) is 0.364. The van der Waals surface area contributed by atoms with E-state index >= 15 is 0 Å². The third-order valence-electron chi connectivity index (χ3n) is 4.72. The molecule has 1 saturated carbocycles. The highest BCUT2D eigenvalue weighted by molar-refractivity contribution is 4.94. The Hall–Kier alpha value is -0.120. The standard InChI is InChI=1S/C15H31N3/c1-15(2)9-10-16-13(11-17(3)4)12-18(15)14-7-5-6-8-14/h13-14,16H,5-12H2,1-4H3. The summed E-state index contributed by atoms with van der Waals surface area (Å²) in [5, 5.41) is 3.74. The SMILES string of the molecule is CN(C)CC1CN(C2CCCC2)C(C)(C)CCN1. The first kappa shape index (κ1) is 14.3. The number of likely N-dealkylation sites (N-methyl/N-ethyl adjacent to an activating group) is 1. The predicted molar refractivity (Wildman–Crippen MR) is 78.0 cm³/mol. The van der Waals surface area contributed by atoms with Crippen molar-refractivity contribution in [3.8, 4) is 0 Å². The summed E-state index contributed by atoms with van der Waals surface area (Å²) in [6.07, 6.45) is 6.97. The fourth-order valence-electron chi connectivity index (χ4n) is 3.70. The predicted octanol–water partition coefficient (Wildman–Crippen LogP) is 1.93. The molecule has 1 atom stereocenters. The molecular weight excluding hydrogens is 222 g/mol. The van der Waals surface area contributed by atoms with E-state index in [1.54, 1.807) is 0 Å². The van der Waals surface area contributed by atoms with Gasteiger partial charge in [-0.05, 0) is 53.8 Å². The molecule has 0 amide bonds. The molecular formula is C15H31N3. The maximum absolute atomic E-state index is 3.74. The van der Waals surface area contributed by atoms with Crippen molar-refractivity contribution in [2.75, 3.05) is 33.7 Å². The normalized spacial score (nSPS) is 30.8. The first-order valence-corrected chi connectivity index (χ1v) is 7.64. The molecule has 2 rings (SSSR count). The first-order chi connectivity index (χ1) is 8.49. The van der Waals surface area contributed by atoms with Crippen molar-refractivity contribution in [1.29, 1.82) is 0 Å². The van der Waals surface area contributed by atoms with E-state index < -0.39 is 0 Å². The van der Waals surface area contributed by atoms with Gasteiger partial charge in [0.05, 0.1) is 0 Å². The van der Waals surface area contributed by atoms with Crippen molar-refractivity contribution < 1.29 is 0 Å². The highest BCUT2D eigenvalue weighted by Crippen LogP contribution is 2.32. The van der Waals surface area contributed by atoms with Gasteiger partial charge in [0.25, 0.3) is 0 Å². The summed E-state index contributed by atoms with van der Waals surface area (Å²) in [6.45, 7) is 8.40. The van der Waals surface area contributed by atoms with Crippen LogP contribution in [0.1, 0.15) is 46.0 Å². The van der Waals surface area contributed by atoms with Gasteiger partial charge < -0.3 is 10.2 Å². The van der Waals surface area contributed by atoms with Gasteiger partial charge in [0.15, 0.2) is 0 Å². The summed E-state index contributed by atoms with van der Waals surface area (Å²) in [4.78, 5) is 5.12. The number of rotatable bonds is 3. The molecule has 1 saturated heterocycles. The van der Waals surface area contributed by atoms with E-state index in [9.17, 15) is 0 Å². The monoisotopic (exact) mass is 253 g/mol. The second kappa shape index (κ2) is 5.89. The van der Waals surface area contributed by atoms with E-state index in [0.29, 0.717) is 11.6 Å². The topological polar surface area (TPSA) is 18.5 Å². The van der Waals surface area contributed by atoms with Gasteiger partial charge in [0.2, 0.25) is 0 Å². The van der Waals surface area contributed by atoms with E-state index in [-0.39, 0.29) is 0 Å². The van der Waals surface area contributed by atoms with Gasteiger partial charge >= 0.3 is 0 Å². The number of nitrogens with zero attached hydrogens (tertiary/aromatic N) is 2. The van der Waals surface area contributed by atoms with E-state index in [1.807, 2.05) is 0 Å². The van der Waals surface area contributed by atoms with Gasteiger partial charge in [0.1, 0.15) is 0 Å². The lowest BCUT2D eigenvalue weighted by Crippen LogP contribution is -2.52. The Morgan fingerprint density at radius 3 is 2.50 bits per heavy atom. The van der Waals surface area contributed by atoms with Crippen LogP contribution in [0.25, 0.3) is 0 Å². The van der Waals surface area contributed by atoms with Crippen molar-refractivity contribution in [2.45, 2.75) is 63.6 Å². The van der Waals surface area contributed by atoms with Crippen LogP contribution >= 0.6 is 0 Å². The minimum absolute atomic E-state index is 0.364. The van der Waals surface area contributed by atoms with Gasteiger partial charge in [-0.25, -0.2) is 0 Å². The lowest BCUT2D eigenvalue weighted by molar-refractivity contribution is 0.0676. The fourth-order valence-corrected chi connectivity index (χ4v) is 3.70. The van der Waals surface area contributed by atoms with Crippen molar-refractivity contribution in [1.82, 2.24) is 15.1 Å². The highest BCUT2D eigenvalue weighted by atomic mass is 15.3. The summed E-state index contributed by atoms with van der Waals surface area (Å²) in [6, 6.07) is 1.46. The van der Waals surface area contributed by atoms with Crippen LogP contribution in [-0.2, 0) is 0 Å². The van der Waals surface area contributed by atoms with Crippen molar-refractivity contribution in [3.05, 3.63) is 0 Å². The van der Waals surface area contributed by atoms with Gasteiger partial charge in [-0.15, -0.1) is 0 Å². The Morgan fingerprint density at radius 2 is 1.89 bits per heavy atom. The number of hydrogen-bond acceptors (Lipinski definition) is 3. The van der Waals surface area contributed by atoms with Crippen LogP contribution < -0.4 is 5.32 Å². The molecule has 0 aromatic heterocycles. The third-order valence-corrected chi connectivity index (χ3v) is 4.72. The zero-order chi connectivity index (χ0) is 13.2. The molecule has 106 valence electrons. The van der Waals surface area contributed by atoms with Crippen LogP contribution in [0.4, 0.5) is 0 Å². The fraction of sp³-hybridized carbons (Fsp3) is 1.00. The summed E-state index contributed by atoms with van der Waals surface area (Å²) in [7, 11) is 4.36. The third kappa shape index (κ3) is 3.46. The Morgan fingerprint density at radius 1 is 1.22 bits per heavy atom. The van der Waals surface area contributed by atoms with Gasteiger partial charge in [-0.1, -0.05) is 12.8 Å². The molecule has 2 aliphatic rings. The zero-order valence-corrected chi connectivity index (χ0v) is 12.7. The molecule has 0 aromatic rings. The van der Waals surface area contributed by atoms with Crippen molar-refractivity contribution in [3.63, 3.8) is 0 Å². The molecule has 0 radical (unpaired) electrons. The molecule has 0 bridgehead atoms. The van der Waals surface area contributed by atoms with Crippen LogP contribution in [0.2, 0.25) is 0 Å². The van der Waals surface area contributed by atoms with Crippen LogP contribution in [-0.4, -0.2) is 61.2 Å². The van der Waals surface area contributed by atoms with Gasteiger partial charge in [-0.3, -0.25) is 4.90 Å². The highest BCUT2D eigenvalue weighted by Gasteiger charge is 2.37. The average molecular weight is 253 g/mol. The molecule has 3 nitrogen and oxygen atoms in total. The molecule has 1 aliphatic carbocycles. The van der Waals surface area contributed by atoms with E-state index in [1.165, 1.54) is 38.6 Å². The average Bonchev–Trinajstić information content (AvgIpc) is 2.72. The Kier molecular flexibility index (Phi) is 4.68. The summed E-state index contributed by atoms with van der Waals surface area (Å²) < 4.78 is 0. The zero-order valence-electron chi connectivity index (χ0n) is 12.7. The number of hydrogen-bond donors (Lipinski definition) is 1. The van der Waals surface area contributed by atoms with E-state index in [4.69, 9.17) is 0 Å². The van der Waals surface area contributed by atoms with Crippen LogP contribution in [0, 0.1) is 0 Å². The van der Waals surface area contributed by atoms with E-state index in [2.05, 4.69) is 43.1 Å². The van der Waals surface area contributed by atoms with Gasteiger partial charge in [-0.2, -0.15) is 0 Å². The molecule has 1 heterocycles. The number of nitrogens with one attached hydrogen (secondary N) is 1. The largest absolute Gasteiger partial charge is 0.311 e. The Labute approximate surface area is 113 Å². The summed E-state index contributed by atoms with van der Waals surface area (Å²) >= 11 is 0. The summed E-state index contributed by atoms with van der Waals surface area (Å²) in [5.74, 6) is 0. The minimum atomic E-state index is 0.364. The molecule has 0 aromatic carbocycles. The second-order valence-corrected chi connectivity index (χ2v) is 7.07. The second-order valence-electron chi connectivity index (χ2n) is 7.07. The Balaban J connectivity index is 2.05. The van der Waals surface area contributed by atoms with Crippen LogP contribution in [0.15, 0.2) is 0 Å². The molecule has 1 N–H and O–H groups in total. The van der Waals surface area contributed by atoms with Gasteiger partial charge in [0, 0.05) is 30.7 Å². The lowest BCUT2D eigenvalue weighted by atomic mass is 9.95. The van der Waals surface area contributed by atoms with Crippen LogP contribution in [0.5, 0.6) is 0 Å². The lowest BCUT2D eigenvalue weighted by Gasteiger charge is -2.42. The molecule has 1 aliphatic heterocycles. The quantitative estimate of drug-likeness (QED) is 0.829. The molecule has 2 fully saturated rings. The molecule has 1 unspecified atom stereocenters. The maximum Gasteiger partial charge on any atom is 0.0322 e.